The average Bonchev–Trinajstić information content (AvgIpc) is 2.97. The van der Waals surface area contributed by atoms with E-state index in [0.717, 1.165) is 32.5 Å². The van der Waals surface area contributed by atoms with Crippen molar-refractivity contribution in [3.05, 3.63) is 0 Å². The lowest BCUT2D eigenvalue weighted by molar-refractivity contribution is -0.139. The van der Waals surface area contributed by atoms with Gasteiger partial charge in [-0.2, -0.15) is 0 Å². The standard InChI is InChI=1S/C10H17NO3/c11-9(6-1-3-14-4-2-6)7-5-8(7)10(12)13/h6-9H,1-5,11H2,(H,12,13). The third-order valence-electron chi connectivity index (χ3n) is 3.46. The molecule has 2 rings (SSSR count). The normalized spacial score (nSPS) is 35.2. The minimum absolute atomic E-state index is 0.0694. The quantitative estimate of drug-likeness (QED) is 0.692. The highest BCUT2D eigenvalue weighted by Gasteiger charge is 2.48. The monoisotopic (exact) mass is 199 g/mol. The zero-order valence-corrected chi connectivity index (χ0v) is 8.19. The van der Waals surface area contributed by atoms with E-state index in [0.29, 0.717) is 5.92 Å². The summed E-state index contributed by atoms with van der Waals surface area (Å²) < 4.78 is 5.25. The van der Waals surface area contributed by atoms with Crippen molar-refractivity contribution < 1.29 is 14.6 Å². The molecule has 0 bridgehead atoms. The molecule has 1 aliphatic heterocycles. The van der Waals surface area contributed by atoms with Gasteiger partial charge < -0.3 is 15.6 Å². The second-order valence-corrected chi connectivity index (χ2v) is 4.37. The van der Waals surface area contributed by atoms with Crippen molar-refractivity contribution >= 4 is 5.97 Å². The van der Waals surface area contributed by atoms with Gasteiger partial charge in [0.15, 0.2) is 0 Å². The lowest BCUT2D eigenvalue weighted by atomic mass is 9.89. The molecule has 2 fully saturated rings. The van der Waals surface area contributed by atoms with Crippen LogP contribution in [0.5, 0.6) is 0 Å². The molecule has 1 saturated heterocycles. The number of carboxylic acid groups (broad SMARTS) is 1. The molecule has 2 aliphatic rings. The van der Waals surface area contributed by atoms with Gasteiger partial charge in [-0.3, -0.25) is 4.79 Å². The summed E-state index contributed by atoms with van der Waals surface area (Å²) in [5.41, 5.74) is 6.06. The van der Waals surface area contributed by atoms with Crippen molar-refractivity contribution in [2.24, 2.45) is 23.5 Å². The van der Waals surface area contributed by atoms with Crippen LogP contribution in [0.3, 0.4) is 0 Å². The maximum absolute atomic E-state index is 10.7. The topological polar surface area (TPSA) is 72.5 Å². The van der Waals surface area contributed by atoms with Crippen LogP contribution in [0.2, 0.25) is 0 Å². The highest BCUT2D eigenvalue weighted by molar-refractivity contribution is 5.73. The zero-order chi connectivity index (χ0) is 10.1. The van der Waals surface area contributed by atoms with E-state index < -0.39 is 5.97 Å². The molecule has 14 heavy (non-hydrogen) atoms. The highest BCUT2D eigenvalue weighted by Crippen LogP contribution is 2.44. The van der Waals surface area contributed by atoms with Gasteiger partial charge >= 0.3 is 5.97 Å². The summed E-state index contributed by atoms with van der Waals surface area (Å²) in [7, 11) is 0. The van der Waals surface area contributed by atoms with Crippen LogP contribution in [-0.4, -0.2) is 30.3 Å². The third kappa shape index (κ3) is 1.91. The minimum Gasteiger partial charge on any atom is -0.481 e. The van der Waals surface area contributed by atoms with Crippen LogP contribution < -0.4 is 5.73 Å². The van der Waals surface area contributed by atoms with Crippen molar-refractivity contribution in [3.8, 4) is 0 Å². The van der Waals surface area contributed by atoms with E-state index in [1.54, 1.807) is 0 Å². The Labute approximate surface area is 83.4 Å². The Morgan fingerprint density at radius 1 is 1.43 bits per heavy atom. The van der Waals surface area contributed by atoms with Gasteiger partial charge in [0.1, 0.15) is 0 Å². The molecule has 0 radical (unpaired) electrons. The van der Waals surface area contributed by atoms with Crippen molar-refractivity contribution in [3.63, 3.8) is 0 Å². The Hall–Kier alpha value is -0.610. The summed E-state index contributed by atoms with van der Waals surface area (Å²) in [6.45, 7) is 1.56. The van der Waals surface area contributed by atoms with Gasteiger partial charge in [-0.1, -0.05) is 0 Å². The number of hydrogen-bond donors (Lipinski definition) is 2. The number of aliphatic carboxylic acids is 1. The lowest BCUT2D eigenvalue weighted by Crippen LogP contribution is -2.37. The first-order valence-corrected chi connectivity index (χ1v) is 5.26. The maximum Gasteiger partial charge on any atom is 0.306 e. The molecule has 0 spiro atoms. The van der Waals surface area contributed by atoms with Gasteiger partial charge in [-0.15, -0.1) is 0 Å². The van der Waals surface area contributed by atoms with Gasteiger partial charge in [0.25, 0.3) is 0 Å². The summed E-state index contributed by atoms with van der Waals surface area (Å²) in [4.78, 5) is 10.7. The number of carboxylic acids is 1. The van der Waals surface area contributed by atoms with Gasteiger partial charge in [0.05, 0.1) is 5.92 Å². The predicted octanol–water partition coefficient (Wildman–Crippen LogP) is 0.461. The summed E-state index contributed by atoms with van der Waals surface area (Å²) in [5, 5.41) is 8.79. The molecule has 1 aliphatic carbocycles. The Morgan fingerprint density at radius 3 is 2.57 bits per heavy atom. The third-order valence-corrected chi connectivity index (χ3v) is 3.46. The van der Waals surface area contributed by atoms with E-state index in [4.69, 9.17) is 15.6 Å². The lowest BCUT2D eigenvalue weighted by Gasteiger charge is -2.27. The fraction of sp³-hybridized carbons (Fsp3) is 0.900. The molecule has 3 unspecified atom stereocenters. The van der Waals surface area contributed by atoms with Crippen molar-refractivity contribution in [2.45, 2.75) is 25.3 Å². The van der Waals surface area contributed by atoms with Crippen LogP contribution in [0.15, 0.2) is 0 Å². The first-order chi connectivity index (χ1) is 6.70. The molecule has 0 aromatic rings. The van der Waals surface area contributed by atoms with Crippen molar-refractivity contribution in [1.82, 2.24) is 0 Å². The molecule has 3 atom stereocenters. The van der Waals surface area contributed by atoms with E-state index in [2.05, 4.69) is 0 Å². The molecule has 4 nitrogen and oxygen atoms in total. The van der Waals surface area contributed by atoms with Crippen LogP contribution in [0.1, 0.15) is 19.3 Å². The minimum atomic E-state index is -0.683. The van der Waals surface area contributed by atoms with Crippen LogP contribution in [0.25, 0.3) is 0 Å². The van der Waals surface area contributed by atoms with E-state index in [9.17, 15) is 4.79 Å². The van der Waals surface area contributed by atoms with Crippen LogP contribution in [0.4, 0.5) is 0 Å². The van der Waals surface area contributed by atoms with Gasteiger partial charge in [-0.25, -0.2) is 0 Å². The van der Waals surface area contributed by atoms with Crippen LogP contribution >= 0.6 is 0 Å². The van der Waals surface area contributed by atoms with E-state index in [-0.39, 0.29) is 17.9 Å². The second-order valence-electron chi connectivity index (χ2n) is 4.37. The molecule has 3 N–H and O–H groups in total. The number of nitrogens with two attached hydrogens (primary N) is 1. The highest BCUT2D eigenvalue weighted by atomic mass is 16.5. The summed E-state index contributed by atoms with van der Waals surface area (Å²) in [6.07, 6.45) is 2.75. The second kappa shape index (κ2) is 3.87. The molecule has 80 valence electrons. The maximum atomic E-state index is 10.7. The summed E-state index contributed by atoms with van der Waals surface area (Å²) >= 11 is 0. The van der Waals surface area contributed by atoms with Crippen LogP contribution in [0, 0.1) is 17.8 Å². The van der Waals surface area contributed by atoms with Crippen molar-refractivity contribution in [1.29, 1.82) is 0 Å². The number of rotatable bonds is 3. The fourth-order valence-corrected chi connectivity index (χ4v) is 2.37. The first kappa shape index (κ1) is 9.93. The number of hydrogen-bond acceptors (Lipinski definition) is 3. The molecular weight excluding hydrogens is 182 g/mol. The Morgan fingerprint density at radius 2 is 2.07 bits per heavy atom. The van der Waals surface area contributed by atoms with E-state index in [1.165, 1.54) is 0 Å². The largest absolute Gasteiger partial charge is 0.481 e. The molecule has 1 saturated carbocycles. The Kier molecular flexibility index (Phi) is 2.74. The molecule has 1 heterocycles. The Balaban J connectivity index is 1.83. The molecule has 0 aromatic carbocycles. The summed E-state index contributed by atoms with van der Waals surface area (Å²) in [5.74, 6) is -0.168. The average molecular weight is 199 g/mol. The molecule has 4 heteroatoms. The van der Waals surface area contributed by atoms with E-state index in [1.807, 2.05) is 0 Å². The summed E-state index contributed by atoms with van der Waals surface area (Å²) in [6, 6.07) is 0.0694. The predicted molar refractivity (Wildman–Crippen MR) is 50.8 cm³/mol. The Bertz CT molecular complexity index is 225. The van der Waals surface area contributed by atoms with E-state index >= 15 is 0 Å². The smallest absolute Gasteiger partial charge is 0.306 e. The first-order valence-electron chi connectivity index (χ1n) is 5.26. The fourth-order valence-electron chi connectivity index (χ4n) is 2.37. The van der Waals surface area contributed by atoms with Gasteiger partial charge in [0.2, 0.25) is 0 Å². The molecule has 0 aromatic heterocycles. The van der Waals surface area contributed by atoms with Crippen LogP contribution in [-0.2, 0) is 9.53 Å². The van der Waals surface area contributed by atoms with Gasteiger partial charge in [-0.05, 0) is 31.1 Å². The number of ether oxygens (including phenoxy) is 1. The molecular formula is C10H17NO3. The number of carbonyl (C=O) groups is 1. The van der Waals surface area contributed by atoms with Crippen molar-refractivity contribution in [2.75, 3.05) is 13.2 Å². The SMILES string of the molecule is NC(C1CCOCC1)C1CC1C(=O)O. The zero-order valence-electron chi connectivity index (χ0n) is 8.19. The van der Waals surface area contributed by atoms with Gasteiger partial charge in [0, 0.05) is 19.3 Å². The molecule has 0 amide bonds.